The van der Waals surface area contributed by atoms with Crippen LogP contribution in [-0.2, 0) is 9.47 Å². The van der Waals surface area contributed by atoms with Crippen LogP contribution in [0.15, 0.2) is 9.27 Å². The highest BCUT2D eigenvalue weighted by Gasteiger charge is 2.49. The molecule has 42 heavy (non-hydrogen) atoms. The molecule has 2 N–H and O–H groups in total. The van der Waals surface area contributed by atoms with Gasteiger partial charge in [-0.05, 0) is 61.5 Å². The van der Waals surface area contributed by atoms with Crippen LogP contribution in [0.1, 0.15) is 45.4 Å². The third-order valence-electron chi connectivity index (χ3n) is 8.17. The van der Waals surface area contributed by atoms with Crippen molar-refractivity contribution in [3.8, 4) is 11.8 Å². The highest BCUT2D eigenvalue weighted by molar-refractivity contribution is 9.10. The van der Waals surface area contributed by atoms with E-state index in [0.717, 1.165) is 32.2 Å². The van der Waals surface area contributed by atoms with Crippen molar-refractivity contribution in [2.45, 2.75) is 82.0 Å². The molecule has 3 saturated heterocycles. The Morgan fingerprint density at radius 1 is 1.31 bits per heavy atom. The summed E-state index contributed by atoms with van der Waals surface area (Å²) in [7, 11) is 0. The fourth-order valence-electron chi connectivity index (χ4n) is 6.01. The van der Waals surface area contributed by atoms with Crippen LogP contribution < -0.4 is 20.3 Å². The van der Waals surface area contributed by atoms with Crippen molar-refractivity contribution in [2.75, 3.05) is 39.5 Å². The Bertz CT molecular complexity index is 1320. The molecule has 5 atom stereocenters. The molecule has 0 spiro atoms. The Kier molecular flexibility index (Phi) is 10.2. The van der Waals surface area contributed by atoms with E-state index in [9.17, 15) is 18.0 Å². The zero-order valence-electron chi connectivity index (χ0n) is 23.1. The van der Waals surface area contributed by atoms with Crippen LogP contribution >= 0.6 is 27.5 Å². The second-order valence-electron chi connectivity index (χ2n) is 11.1. The molecule has 3 fully saturated rings. The molecule has 2 aromatic rings. The summed E-state index contributed by atoms with van der Waals surface area (Å²) in [4.78, 5) is 22.0. The number of alkyl halides is 3. The molecule has 0 radical (unpaired) electrons. The third kappa shape index (κ3) is 6.83. The summed E-state index contributed by atoms with van der Waals surface area (Å²) < 4.78 is 78.7. The maximum Gasteiger partial charge on any atom is 0.297 e. The highest BCUT2D eigenvalue weighted by Crippen LogP contribution is 2.42. The molecule has 1 aromatic carbocycles. The van der Waals surface area contributed by atoms with Gasteiger partial charge >= 0.3 is 0 Å². The van der Waals surface area contributed by atoms with E-state index < -0.39 is 54.5 Å². The second kappa shape index (κ2) is 13.5. The SMILES string of the molecule is C[C@H](OC1CCCCO1)C(COc1c(Cl)c(Br)c(F)c2nc(OC[C@@]34CCCN3C[C@H](F)C4)[nH]c(=O)c12)NCC(F)F. The first-order chi connectivity index (χ1) is 20.1. The number of H-pyrrole nitrogens is 1. The van der Waals surface area contributed by atoms with Gasteiger partial charge in [0.25, 0.3) is 18.0 Å². The predicted molar refractivity (Wildman–Crippen MR) is 151 cm³/mol. The molecule has 0 saturated carbocycles. The minimum absolute atomic E-state index is 0.0850. The van der Waals surface area contributed by atoms with E-state index in [-0.39, 0.29) is 45.4 Å². The van der Waals surface area contributed by atoms with Crippen molar-refractivity contribution in [3.05, 3.63) is 25.7 Å². The van der Waals surface area contributed by atoms with E-state index in [4.69, 9.17) is 30.5 Å². The Morgan fingerprint density at radius 3 is 2.86 bits per heavy atom. The average Bonchev–Trinajstić information content (AvgIpc) is 3.48. The fraction of sp³-hybridized carbons (Fsp3) is 0.704. The predicted octanol–water partition coefficient (Wildman–Crippen LogP) is 4.97. The van der Waals surface area contributed by atoms with Gasteiger partial charge in [-0.1, -0.05) is 11.6 Å². The lowest BCUT2D eigenvalue weighted by molar-refractivity contribution is -0.191. The van der Waals surface area contributed by atoms with Gasteiger partial charge in [0.05, 0.1) is 28.7 Å². The lowest BCUT2D eigenvalue weighted by Gasteiger charge is -2.31. The number of halogens is 6. The van der Waals surface area contributed by atoms with E-state index in [2.05, 4.69) is 31.2 Å². The monoisotopic (exact) mass is 684 g/mol. The number of ether oxygens (including phenoxy) is 4. The number of hydrogen-bond donors (Lipinski definition) is 2. The smallest absolute Gasteiger partial charge is 0.297 e. The van der Waals surface area contributed by atoms with Crippen molar-refractivity contribution in [1.29, 1.82) is 0 Å². The van der Waals surface area contributed by atoms with Gasteiger partial charge in [-0.2, -0.15) is 4.98 Å². The van der Waals surface area contributed by atoms with E-state index in [1.807, 2.05) is 4.90 Å². The number of benzene rings is 1. The summed E-state index contributed by atoms with van der Waals surface area (Å²) in [6.07, 6.45) is -0.209. The molecule has 2 unspecified atom stereocenters. The van der Waals surface area contributed by atoms with Gasteiger partial charge in [0.1, 0.15) is 35.3 Å². The highest BCUT2D eigenvalue weighted by atomic mass is 79.9. The minimum atomic E-state index is -2.63. The number of rotatable bonds is 12. The quantitative estimate of drug-likeness (QED) is 0.239. The number of aromatic amines is 1. The summed E-state index contributed by atoms with van der Waals surface area (Å²) in [6.45, 7) is 2.55. The zero-order chi connectivity index (χ0) is 30.0. The van der Waals surface area contributed by atoms with Gasteiger partial charge < -0.3 is 24.3 Å². The molecule has 3 aliphatic rings. The Hall–Kier alpha value is -1.71. The van der Waals surface area contributed by atoms with Gasteiger partial charge in [-0.15, -0.1) is 0 Å². The third-order valence-corrected chi connectivity index (χ3v) is 9.50. The zero-order valence-corrected chi connectivity index (χ0v) is 25.4. The van der Waals surface area contributed by atoms with Crippen LogP contribution in [0.2, 0.25) is 5.02 Å². The van der Waals surface area contributed by atoms with Crippen molar-refractivity contribution < 1.29 is 36.5 Å². The first-order valence-corrected chi connectivity index (χ1v) is 15.3. The van der Waals surface area contributed by atoms with Crippen LogP contribution in [0, 0.1) is 5.82 Å². The molecule has 9 nitrogen and oxygen atoms in total. The van der Waals surface area contributed by atoms with Crippen molar-refractivity contribution >= 4 is 38.4 Å². The first kappa shape index (κ1) is 31.7. The maximum absolute atomic E-state index is 15.4. The van der Waals surface area contributed by atoms with Crippen LogP contribution in [0.3, 0.4) is 0 Å². The molecule has 4 heterocycles. The molecular weight excluding hydrogens is 652 g/mol. The molecule has 1 aromatic heterocycles. The molecule has 15 heteroatoms. The Morgan fingerprint density at radius 2 is 2.12 bits per heavy atom. The van der Waals surface area contributed by atoms with Gasteiger partial charge in [0, 0.05) is 19.6 Å². The van der Waals surface area contributed by atoms with Crippen LogP contribution in [0.5, 0.6) is 11.8 Å². The summed E-state index contributed by atoms with van der Waals surface area (Å²) in [5, 5.41) is 2.23. The van der Waals surface area contributed by atoms with Gasteiger partial charge in [0.2, 0.25) is 0 Å². The lowest BCUT2D eigenvalue weighted by atomic mass is 9.95. The van der Waals surface area contributed by atoms with Crippen molar-refractivity contribution in [3.63, 3.8) is 0 Å². The van der Waals surface area contributed by atoms with E-state index >= 15 is 4.39 Å². The van der Waals surface area contributed by atoms with E-state index in [1.165, 1.54) is 0 Å². The summed E-state index contributed by atoms with van der Waals surface area (Å²) in [5.74, 6) is -1.08. The molecule has 5 rings (SSSR count). The number of hydrogen-bond acceptors (Lipinski definition) is 8. The van der Waals surface area contributed by atoms with Crippen LogP contribution in [0.4, 0.5) is 17.6 Å². The summed E-state index contributed by atoms with van der Waals surface area (Å²) in [6, 6.07) is -0.977. The normalized spacial score (nSPS) is 26.1. The van der Waals surface area contributed by atoms with Gasteiger partial charge in [-0.25, -0.2) is 17.6 Å². The number of fused-ring (bicyclic) bond motifs is 2. The number of nitrogens with one attached hydrogen (secondary N) is 2. The van der Waals surface area contributed by atoms with Gasteiger partial charge in [-0.3, -0.25) is 14.7 Å². The topological polar surface area (TPSA) is 97.9 Å². The number of aromatic nitrogens is 2. The average molecular weight is 686 g/mol. The van der Waals surface area contributed by atoms with E-state index in [1.54, 1.807) is 6.92 Å². The van der Waals surface area contributed by atoms with Gasteiger partial charge in [0.15, 0.2) is 17.9 Å². The molecule has 0 amide bonds. The molecule has 0 aliphatic carbocycles. The van der Waals surface area contributed by atoms with Crippen molar-refractivity contribution in [1.82, 2.24) is 20.2 Å². The molecular formula is C27H34BrClF4N4O5. The molecule has 0 bridgehead atoms. The van der Waals surface area contributed by atoms with E-state index in [0.29, 0.717) is 26.0 Å². The molecule has 234 valence electrons. The second-order valence-corrected chi connectivity index (χ2v) is 12.3. The van der Waals surface area contributed by atoms with Crippen LogP contribution in [-0.4, -0.2) is 90.9 Å². The number of nitrogens with zero attached hydrogens (tertiary/aromatic N) is 2. The van der Waals surface area contributed by atoms with Crippen molar-refractivity contribution in [2.24, 2.45) is 0 Å². The Labute approximate surface area is 253 Å². The fourth-order valence-corrected chi connectivity index (χ4v) is 6.61. The van der Waals surface area contributed by atoms with Crippen LogP contribution in [0.25, 0.3) is 10.9 Å². The minimum Gasteiger partial charge on any atom is -0.489 e. The summed E-state index contributed by atoms with van der Waals surface area (Å²) >= 11 is 9.50. The standard InChI is InChI=1S/C27H34BrClF4N4O5/c1-14(42-18-5-2-3-8-39-18)16(34-10-17(31)32)12-40-24-19-23(22(33)20(28)21(24)29)35-26(36-25(19)38)41-13-27-6-4-7-37(27)11-15(30)9-27/h14-18,34H,2-13H2,1H3,(H,35,36,38)/t14-,15+,16?,18?,27-/m0/s1. The largest absolute Gasteiger partial charge is 0.489 e. The molecule has 3 aliphatic heterocycles. The lowest BCUT2D eigenvalue weighted by Crippen LogP contribution is -2.47. The first-order valence-electron chi connectivity index (χ1n) is 14.1. The Balaban J connectivity index is 1.37. The maximum atomic E-state index is 15.4. The summed E-state index contributed by atoms with van der Waals surface area (Å²) in [5.41, 5.74) is -1.62.